The van der Waals surface area contributed by atoms with Crippen LogP contribution in [0.15, 0.2) is 265 Å². The Morgan fingerprint density at radius 3 is 1.52 bits per heavy atom. The summed E-state index contributed by atoms with van der Waals surface area (Å²) in [6.45, 7) is 4.73. The first kappa shape index (κ1) is 41.8. The predicted molar refractivity (Wildman–Crippen MR) is 301 cm³/mol. The van der Waals surface area contributed by atoms with Gasteiger partial charge in [0.15, 0.2) is 0 Å². The number of furan rings is 1. The van der Waals surface area contributed by atoms with Gasteiger partial charge in [-0.2, -0.15) is 0 Å². The molecule has 0 aliphatic heterocycles. The first-order chi connectivity index (χ1) is 36.0. The van der Waals surface area contributed by atoms with E-state index in [-0.39, 0.29) is 5.41 Å². The summed E-state index contributed by atoms with van der Waals surface area (Å²) in [5.41, 5.74) is 24.3. The smallest absolute Gasteiger partial charge is 0.143 e. The van der Waals surface area contributed by atoms with E-state index in [0.29, 0.717) is 0 Å². The van der Waals surface area contributed by atoms with Crippen molar-refractivity contribution in [2.24, 2.45) is 0 Å². The van der Waals surface area contributed by atoms with Gasteiger partial charge in [0.05, 0.1) is 10.8 Å². The molecule has 2 unspecified atom stereocenters. The van der Waals surface area contributed by atoms with E-state index in [9.17, 15) is 0 Å². The summed E-state index contributed by atoms with van der Waals surface area (Å²) in [6, 6.07) is 97.3. The molecule has 73 heavy (non-hydrogen) atoms. The van der Waals surface area contributed by atoms with Gasteiger partial charge in [-0.3, -0.25) is 0 Å². The van der Waals surface area contributed by atoms with E-state index in [1.54, 1.807) is 0 Å². The molecule has 0 N–H and O–H groups in total. The van der Waals surface area contributed by atoms with E-state index >= 15 is 0 Å². The fraction of sp³-hybridized carbons (Fsp3) is 0.0704. The maximum absolute atomic E-state index is 6.54. The summed E-state index contributed by atoms with van der Waals surface area (Å²) in [7, 11) is 0. The van der Waals surface area contributed by atoms with Crippen LogP contribution in [0.3, 0.4) is 0 Å². The molecule has 1 heterocycles. The third kappa shape index (κ3) is 5.64. The SMILES string of the molecule is CC1(C)c2ccccc2-c2ccc(N(c3ccc(-c4cccc5c4oc4ccccc45)cc3)c3ccc(C4(c5ccccc5)c5ccccc5C5(c6ccccc6)c6ccccc6-c6cccc4c65)cc3)cc21. The van der Waals surface area contributed by atoms with Gasteiger partial charge in [-0.25, -0.2) is 0 Å². The molecule has 2 nitrogen and oxygen atoms in total. The van der Waals surface area contributed by atoms with Gasteiger partial charge in [0.25, 0.3) is 0 Å². The Hall–Kier alpha value is -8.98. The lowest BCUT2D eigenvalue weighted by Crippen LogP contribution is -2.44. The van der Waals surface area contributed by atoms with Crippen molar-refractivity contribution in [2.45, 2.75) is 30.1 Å². The first-order valence-electron chi connectivity index (χ1n) is 25.6. The standard InChI is InChI=1S/C71H49NO/c1-69(2)60-29-12-9-23-54(60)56-44-43-52(45-65(56)69)72(50-39-35-46(36-40-50)53-26-17-28-59-57-25-11-16-34-66(57)73-68(53)59)51-41-37-49(38-42-51)70(47-19-5-3-6-20-47)62-31-14-15-32-63(62)71(48-21-7-4-8-22-48)61-30-13-10-24-55(61)58-27-18-33-64(70)67(58)71/h3-45H,1-2H3. The molecule has 2 atom stereocenters. The van der Waals surface area contributed by atoms with Crippen LogP contribution in [0, 0.1) is 0 Å². The van der Waals surface area contributed by atoms with Crippen LogP contribution in [0.5, 0.6) is 0 Å². The number of para-hydroxylation sites is 2. The summed E-state index contributed by atoms with van der Waals surface area (Å²) in [5.74, 6) is 0. The normalized spacial score (nSPS) is 17.4. The van der Waals surface area contributed by atoms with Crippen molar-refractivity contribution in [3.8, 4) is 33.4 Å². The molecule has 3 aliphatic carbocycles. The van der Waals surface area contributed by atoms with E-state index in [1.165, 1.54) is 77.9 Å². The van der Waals surface area contributed by atoms with Gasteiger partial charge < -0.3 is 9.32 Å². The second-order valence-corrected chi connectivity index (χ2v) is 20.7. The molecule has 11 aromatic carbocycles. The minimum Gasteiger partial charge on any atom is -0.455 e. The zero-order chi connectivity index (χ0) is 48.5. The van der Waals surface area contributed by atoms with Gasteiger partial charge in [0.2, 0.25) is 0 Å². The van der Waals surface area contributed by atoms with Crippen LogP contribution in [0.1, 0.15) is 69.5 Å². The minimum atomic E-state index is -0.643. The van der Waals surface area contributed by atoms with Gasteiger partial charge >= 0.3 is 0 Å². The van der Waals surface area contributed by atoms with Crippen LogP contribution in [0.4, 0.5) is 17.1 Å². The third-order valence-electron chi connectivity index (χ3n) is 16.8. The fourth-order valence-electron chi connectivity index (χ4n) is 13.8. The molecule has 0 saturated carbocycles. The summed E-state index contributed by atoms with van der Waals surface area (Å²) in [4.78, 5) is 2.44. The van der Waals surface area contributed by atoms with Crippen LogP contribution in [0.25, 0.3) is 55.3 Å². The Kier molecular flexibility index (Phi) is 8.87. The number of hydrogen-bond donors (Lipinski definition) is 0. The van der Waals surface area contributed by atoms with Crippen molar-refractivity contribution in [2.75, 3.05) is 4.90 Å². The quantitative estimate of drug-likeness (QED) is 0.158. The fourth-order valence-corrected chi connectivity index (χ4v) is 13.8. The molecule has 0 bridgehead atoms. The van der Waals surface area contributed by atoms with Crippen molar-refractivity contribution >= 4 is 39.0 Å². The van der Waals surface area contributed by atoms with Crippen LogP contribution >= 0.6 is 0 Å². The molecule has 1 aromatic heterocycles. The van der Waals surface area contributed by atoms with Crippen molar-refractivity contribution in [3.63, 3.8) is 0 Å². The predicted octanol–water partition coefficient (Wildman–Crippen LogP) is 18.1. The third-order valence-corrected chi connectivity index (χ3v) is 16.8. The molecule has 0 fully saturated rings. The van der Waals surface area contributed by atoms with Gasteiger partial charge in [-0.1, -0.05) is 232 Å². The average molecular weight is 932 g/mol. The number of rotatable bonds is 7. The largest absolute Gasteiger partial charge is 0.455 e. The van der Waals surface area contributed by atoms with Crippen LogP contribution in [0.2, 0.25) is 0 Å². The molecule has 0 amide bonds. The number of fused-ring (bicyclic) bond motifs is 11. The lowest BCUT2D eigenvalue weighted by atomic mass is 9.52. The Labute approximate surface area is 426 Å². The van der Waals surface area contributed by atoms with E-state index in [2.05, 4.69) is 274 Å². The van der Waals surface area contributed by atoms with Crippen molar-refractivity contribution in [1.29, 1.82) is 0 Å². The summed E-state index contributed by atoms with van der Waals surface area (Å²) < 4.78 is 6.54. The van der Waals surface area contributed by atoms with Crippen LogP contribution < -0.4 is 4.90 Å². The Morgan fingerprint density at radius 2 is 0.795 bits per heavy atom. The zero-order valence-corrected chi connectivity index (χ0v) is 40.7. The molecule has 15 rings (SSSR count). The minimum absolute atomic E-state index is 0.159. The molecular formula is C71H49NO. The summed E-state index contributed by atoms with van der Waals surface area (Å²) >= 11 is 0. The molecule has 0 spiro atoms. The zero-order valence-electron chi connectivity index (χ0n) is 40.7. The van der Waals surface area contributed by atoms with E-state index in [1.807, 2.05) is 6.07 Å². The van der Waals surface area contributed by atoms with E-state index in [4.69, 9.17) is 4.42 Å². The van der Waals surface area contributed by atoms with Gasteiger partial charge in [0.1, 0.15) is 11.2 Å². The number of anilines is 3. The van der Waals surface area contributed by atoms with Gasteiger partial charge in [-0.05, 0) is 126 Å². The number of hydrogen-bond acceptors (Lipinski definition) is 2. The van der Waals surface area contributed by atoms with Crippen molar-refractivity contribution in [1.82, 2.24) is 0 Å². The molecular weight excluding hydrogens is 883 g/mol. The topological polar surface area (TPSA) is 16.4 Å². The number of nitrogens with zero attached hydrogens (tertiary/aromatic N) is 1. The summed E-state index contributed by atoms with van der Waals surface area (Å²) in [5, 5.41) is 2.26. The molecule has 3 aliphatic rings. The average Bonchev–Trinajstić information content (AvgIpc) is 4.08. The highest BCUT2D eigenvalue weighted by molar-refractivity contribution is 6.09. The molecule has 12 aromatic rings. The van der Waals surface area contributed by atoms with E-state index in [0.717, 1.165) is 50.1 Å². The maximum Gasteiger partial charge on any atom is 0.143 e. The Bertz CT molecular complexity index is 4170. The lowest BCUT2D eigenvalue weighted by molar-refractivity contribution is 0.626. The molecule has 0 radical (unpaired) electrons. The maximum atomic E-state index is 6.54. The second kappa shape index (κ2) is 15.5. The highest BCUT2D eigenvalue weighted by Crippen LogP contribution is 2.66. The highest BCUT2D eigenvalue weighted by Gasteiger charge is 2.57. The van der Waals surface area contributed by atoms with Gasteiger partial charge in [-0.15, -0.1) is 0 Å². The molecule has 2 heteroatoms. The van der Waals surface area contributed by atoms with Crippen molar-refractivity contribution < 1.29 is 4.42 Å². The van der Waals surface area contributed by atoms with Crippen molar-refractivity contribution in [3.05, 3.63) is 316 Å². The Morgan fingerprint density at radius 1 is 0.315 bits per heavy atom. The molecule has 0 saturated heterocycles. The summed E-state index contributed by atoms with van der Waals surface area (Å²) in [6.07, 6.45) is 0. The highest BCUT2D eigenvalue weighted by atomic mass is 16.3. The van der Waals surface area contributed by atoms with E-state index < -0.39 is 10.8 Å². The van der Waals surface area contributed by atoms with Crippen LogP contribution in [-0.4, -0.2) is 0 Å². The first-order valence-corrected chi connectivity index (χ1v) is 25.6. The molecule has 344 valence electrons. The van der Waals surface area contributed by atoms with Gasteiger partial charge in [0, 0.05) is 38.8 Å². The second-order valence-electron chi connectivity index (χ2n) is 20.7. The van der Waals surface area contributed by atoms with Crippen LogP contribution in [-0.2, 0) is 16.2 Å². The number of benzene rings is 11. The lowest BCUT2D eigenvalue weighted by Gasteiger charge is -2.49. The monoisotopic (exact) mass is 931 g/mol. The Balaban J connectivity index is 0.937.